The number of hydrogen-bond acceptors (Lipinski definition) is 4. The van der Waals surface area contributed by atoms with Crippen LogP contribution in [0.4, 0.5) is 0 Å². The number of ether oxygens (including phenoxy) is 1. The van der Waals surface area contributed by atoms with Crippen LogP contribution in [0.15, 0.2) is 35.3 Å². The Morgan fingerprint density at radius 1 is 1.25 bits per heavy atom. The zero-order chi connectivity index (χ0) is 17.1. The van der Waals surface area contributed by atoms with Gasteiger partial charge in [-0.1, -0.05) is 18.2 Å². The summed E-state index contributed by atoms with van der Waals surface area (Å²) in [6, 6.07) is 7.47. The third kappa shape index (κ3) is 3.34. The summed E-state index contributed by atoms with van der Waals surface area (Å²) in [6.45, 7) is 5.92. The van der Waals surface area contributed by atoms with E-state index in [0.29, 0.717) is 22.9 Å². The van der Waals surface area contributed by atoms with Crippen molar-refractivity contribution in [2.24, 2.45) is 7.05 Å². The summed E-state index contributed by atoms with van der Waals surface area (Å²) in [5.41, 5.74) is 0.436. The molecule has 24 heavy (non-hydrogen) atoms. The van der Waals surface area contributed by atoms with E-state index in [4.69, 9.17) is 4.74 Å². The molecule has 1 aliphatic rings. The van der Waals surface area contributed by atoms with E-state index in [-0.39, 0.29) is 17.5 Å². The van der Waals surface area contributed by atoms with Crippen molar-refractivity contribution in [2.75, 3.05) is 32.8 Å². The molecule has 1 atom stereocenters. The highest BCUT2D eigenvalue weighted by molar-refractivity contribution is 6.06. The lowest BCUT2D eigenvalue weighted by molar-refractivity contribution is 0.0204. The van der Waals surface area contributed by atoms with Crippen LogP contribution in [0.1, 0.15) is 17.3 Å². The summed E-state index contributed by atoms with van der Waals surface area (Å²) in [6.07, 6.45) is 1.61. The number of pyridine rings is 1. The summed E-state index contributed by atoms with van der Waals surface area (Å²) in [7, 11) is 1.67. The average molecular weight is 329 g/mol. The molecule has 6 nitrogen and oxygen atoms in total. The van der Waals surface area contributed by atoms with Crippen LogP contribution < -0.4 is 10.9 Å². The minimum absolute atomic E-state index is 0.0937. The molecule has 2 heterocycles. The number of aromatic nitrogens is 1. The maximum atomic E-state index is 12.6. The molecule has 0 saturated carbocycles. The van der Waals surface area contributed by atoms with Crippen molar-refractivity contribution in [1.82, 2.24) is 14.8 Å². The first-order chi connectivity index (χ1) is 11.6. The first-order valence-corrected chi connectivity index (χ1v) is 8.26. The predicted molar refractivity (Wildman–Crippen MR) is 93.4 cm³/mol. The van der Waals surface area contributed by atoms with Crippen LogP contribution in [0.25, 0.3) is 10.8 Å². The molecule has 1 fully saturated rings. The molecular formula is C18H23N3O3. The molecule has 0 bridgehead atoms. The smallest absolute Gasteiger partial charge is 0.258 e. The molecule has 6 heteroatoms. The van der Waals surface area contributed by atoms with Gasteiger partial charge in [-0.15, -0.1) is 0 Å². The molecule has 1 aromatic carbocycles. The maximum absolute atomic E-state index is 12.6. The lowest BCUT2D eigenvalue weighted by Crippen LogP contribution is -2.47. The van der Waals surface area contributed by atoms with Crippen molar-refractivity contribution in [3.8, 4) is 0 Å². The van der Waals surface area contributed by atoms with Crippen LogP contribution in [-0.4, -0.2) is 54.3 Å². The Morgan fingerprint density at radius 2 is 1.92 bits per heavy atom. The van der Waals surface area contributed by atoms with E-state index in [2.05, 4.69) is 17.1 Å². The highest BCUT2D eigenvalue weighted by atomic mass is 16.5. The van der Waals surface area contributed by atoms with Gasteiger partial charge >= 0.3 is 0 Å². The average Bonchev–Trinajstić information content (AvgIpc) is 2.63. The fraction of sp³-hybridized carbons (Fsp3) is 0.444. The first kappa shape index (κ1) is 16.7. The van der Waals surface area contributed by atoms with Gasteiger partial charge in [0.05, 0.1) is 18.8 Å². The highest BCUT2D eigenvalue weighted by Crippen LogP contribution is 2.15. The van der Waals surface area contributed by atoms with Gasteiger partial charge in [0, 0.05) is 49.7 Å². The Balaban J connectivity index is 1.77. The van der Waals surface area contributed by atoms with Gasteiger partial charge in [-0.05, 0) is 13.0 Å². The van der Waals surface area contributed by atoms with Gasteiger partial charge in [0.25, 0.3) is 11.5 Å². The van der Waals surface area contributed by atoms with Crippen molar-refractivity contribution >= 4 is 16.7 Å². The van der Waals surface area contributed by atoms with E-state index in [0.717, 1.165) is 26.3 Å². The van der Waals surface area contributed by atoms with Crippen molar-refractivity contribution in [3.63, 3.8) is 0 Å². The van der Waals surface area contributed by atoms with Crippen molar-refractivity contribution in [3.05, 3.63) is 46.4 Å². The van der Waals surface area contributed by atoms with Gasteiger partial charge in [0.15, 0.2) is 0 Å². The van der Waals surface area contributed by atoms with E-state index in [1.54, 1.807) is 19.3 Å². The molecule has 1 amide bonds. The number of fused-ring (bicyclic) bond motifs is 1. The summed E-state index contributed by atoms with van der Waals surface area (Å²) in [4.78, 5) is 27.1. The molecule has 1 aromatic heterocycles. The van der Waals surface area contributed by atoms with Gasteiger partial charge in [-0.25, -0.2) is 0 Å². The summed E-state index contributed by atoms with van der Waals surface area (Å²) in [5, 5.41) is 4.25. The second-order valence-corrected chi connectivity index (χ2v) is 6.21. The number of benzene rings is 1. The Hall–Kier alpha value is -2.18. The van der Waals surface area contributed by atoms with E-state index < -0.39 is 0 Å². The quantitative estimate of drug-likeness (QED) is 0.909. The Labute approximate surface area is 141 Å². The van der Waals surface area contributed by atoms with E-state index >= 15 is 0 Å². The van der Waals surface area contributed by atoms with Crippen molar-refractivity contribution in [1.29, 1.82) is 0 Å². The third-order valence-electron chi connectivity index (χ3n) is 4.56. The summed E-state index contributed by atoms with van der Waals surface area (Å²) in [5.74, 6) is -0.151. The molecule has 128 valence electrons. The monoisotopic (exact) mass is 329 g/mol. The van der Waals surface area contributed by atoms with Crippen LogP contribution in [0, 0.1) is 0 Å². The Kier molecular flexibility index (Phi) is 4.97. The molecule has 3 rings (SSSR count). The number of morpholine rings is 1. The zero-order valence-corrected chi connectivity index (χ0v) is 14.1. The third-order valence-corrected chi connectivity index (χ3v) is 4.56. The molecule has 1 unspecified atom stereocenters. The summed E-state index contributed by atoms with van der Waals surface area (Å²) < 4.78 is 6.82. The number of nitrogens with zero attached hydrogens (tertiary/aromatic N) is 2. The fourth-order valence-corrected chi connectivity index (χ4v) is 3.08. The van der Waals surface area contributed by atoms with Crippen LogP contribution in [-0.2, 0) is 11.8 Å². The lowest BCUT2D eigenvalue weighted by atomic mass is 10.1. The van der Waals surface area contributed by atoms with Gasteiger partial charge in [-0.3, -0.25) is 14.5 Å². The molecule has 2 aromatic rings. The number of aryl methyl sites for hydroxylation is 1. The Bertz CT molecular complexity index is 794. The zero-order valence-electron chi connectivity index (χ0n) is 14.1. The van der Waals surface area contributed by atoms with Gasteiger partial charge in [0.2, 0.25) is 0 Å². The minimum atomic E-state index is -0.151. The molecule has 0 aliphatic carbocycles. The topological polar surface area (TPSA) is 63.6 Å². The molecule has 0 spiro atoms. The molecule has 0 radical (unpaired) electrons. The van der Waals surface area contributed by atoms with Crippen LogP contribution in [0.5, 0.6) is 0 Å². The van der Waals surface area contributed by atoms with Gasteiger partial charge < -0.3 is 14.6 Å². The number of nitrogens with one attached hydrogen (secondary N) is 1. The van der Waals surface area contributed by atoms with Crippen molar-refractivity contribution in [2.45, 2.75) is 13.0 Å². The molecular weight excluding hydrogens is 306 g/mol. The summed E-state index contributed by atoms with van der Waals surface area (Å²) >= 11 is 0. The number of carbonyl (C=O) groups is 1. The first-order valence-electron chi connectivity index (χ1n) is 8.26. The largest absolute Gasteiger partial charge is 0.379 e. The molecule has 1 aliphatic heterocycles. The molecule has 1 saturated heterocycles. The fourth-order valence-electron chi connectivity index (χ4n) is 3.08. The lowest BCUT2D eigenvalue weighted by Gasteiger charge is -2.32. The second-order valence-electron chi connectivity index (χ2n) is 6.21. The number of hydrogen-bond donors (Lipinski definition) is 1. The second kappa shape index (κ2) is 7.15. The van der Waals surface area contributed by atoms with Crippen LogP contribution in [0.3, 0.4) is 0 Å². The van der Waals surface area contributed by atoms with Crippen molar-refractivity contribution < 1.29 is 9.53 Å². The maximum Gasteiger partial charge on any atom is 0.258 e. The van der Waals surface area contributed by atoms with E-state index in [9.17, 15) is 9.59 Å². The van der Waals surface area contributed by atoms with Crippen LogP contribution >= 0.6 is 0 Å². The SMILES string of the molecule is CC(CNC(=O)c1cn(C)c(=O)c2ccccc12)N1CCOCC1. The molecule has 1 N–H and O–H groups in total. The minimum Gasteiger partial charge on any atom is -0.379 e. The van der Waals surface area contributed by atoms with E-state index in [1.165, 1.54) is 4.57 Å². The van der Waals surface area contributed by atoms with Crippen LogP contribution in [0.2, 0.25) is 0 Å². The highest BCUT2D eigenvalue weighted by Gasteiger charge is 2.19. The van der Waals surface area contributed by atoms with E-state index in [1.807, 2.05) is 18.2 Å². The van der Waals surface area contributed by atoms with Gasteiger partial charge in [0.1, 0.15) is 0 Å². The number of rotatable bonds is 4. The Morgan fingerprint density at radius 3 is 2.62 bits per heavy atom. The normalized spacial score (nSPS) is 16.9. The number of carbonyl (C=O) groups excluding carboxylic acids is 1. The number of amides is 1. The predicted octanol–water partition coefficient (Wildman–Crippen LogP) is 0.989. The van der Waals surface area contributed by atoms with Gasteiger partial charge in [-0.2, -0.15) is 0 Å². The standard InChI is InChI=1S/C18H23N3O3/c1-13(21-7-9-24-10-8-21)11-19-17(22)16-12-20(2)18(23)15-6-4-3-5-14(15)16/h3-6,12-13H,7-11H2,1-2H3,(H,19,22).